The fourth-order valence-electron chi connectivity index (χ4n) is 5.26. The van der Waals surface area contributed by atoms with E-state index in [1.54, 1.807) is 22.9 Å². The lowest BCUT2D eigenvalue weighted by atomic mass is 9.90. The van der Waals surface area contributed by atoms with Crippen LogP contribution in [0.4, 0.5) is 5.69 Å². The Labute approximate surface area is 223 Å². The Bertz CT molecular complexity index is 1450. The van der Waals surface area contributed by atoms with Crippen molar-refractivity contribution in [3.63, 3.8) is 0 Å². The molecule has 0 spiro atoms. The summed E-state index contributed by atoms with van der Waals surface area (Å²) < 4.78 is 1.64. The van der Waals surface area contributed by atoms with Crippen LogP contribution in [-0.2, 0) is 6.42 Å². The number of aliphatic hydroxyl groups is 1. The molecule has 0 saturated heterocycles. The number of Topliss-reactive ketones (excluding diaryl/α,β-unsaturated/α-hetero) is 1. The minimum absolute atomic E-state index is 0.00405. The summed E-state index contributed by atoms with van der Waals surface area (Å²) in [6.07, 6.45) is 3.58. The van der Waals surface area contributed by atoms with Gasteiger partial charge in [0.1, 0.15) is 5.69 Å². The van der Waals surface area contributed by atoms with Gasteiger partial charge in [0.2, 0.25) is 0 Å². The number of nitrogens with zero attached hydrogens (tertiary/aromatic N) is 3. The van der Waals surface area contributed by atoms with Crippen LogP contribution in [0.5, 0.6) is 0 Å². The van der Waals surface area contributed by atoms with Crippen molar-refractivity contribution in [2.45, 2.75) is 57.2 Å². The molecular formula is C32H32N4O2. The molecule has 38 heavy (non-hydrogen) atoms. The Balaban J connectivity index is 1.40. The van der Waals surface area contributed by atoms with Gasteiger partial charge in [-0.05, 0) is 67.5 Å². The zero-order valence-electron chi connectivity index (χ0n) is 21.5. The maximum atomic E-state index is 13.5. The van der Waals surface area contributed by atoms with Gasteiger partial charge in [-0.25, -0.2) is 9.53 Å². The number of hydrogen-bond acceptors (Lipinski definition) is 4. The summed E-state index contributed by atoms with van der Waals surface area (Å²) in [5, 5.41) is 18.3. The van der Waals surface area contributed by atoms with E-state index in [1.807, 2.05) is 37.3 Å². The first-order valence-electron chi connectivity index (χ1n) is 13.2. The topological polar surface area (TPSA) is 71.5 Å². The van der Waals surface area contributed by atoms with Gasteiger partial charge < -0.3 is 10.4 Å². The lowest BCUT2D eigenvalue weighted by molar-refractivity contribution is 0.0985. The van der Waals surface area contributed by atoms with Crippen LogP contribution in [0.2, 0.25) is 0 Å². The van der Waals surface area contributed by atoms with Crippen LogP contribution in [0.1, 0.15) is 64.6 Å². The van der Waals surface area contributed by atoms with Crippen molar-refractivity contribution in [2.75, 3.05) is 0 Å². The van der Waals surface area contributed by atoms with Gasteiger partial charge in [-0.2, -0.15) is 5.10 Å². The van der Waals surface area contributed by atoms with Gasteiger partial charge in [-0.15, -0.1) is 0 Å². The monoisotopic (exact) mass is 504 g/mol. The van der Waals surface area contributed by atoms with Crippen molar-refractivity contribution in [2.24, 2.45) is 0 Å². The smallest absolute Gasteiger partial charge is 0.189 e. The summed E-state index contributed by atoms with van der Waals surface area (Å²) in [4.78, 5) is 17.0. The summed E-state index contributed by atoms with van der Waals surface area (Å²) in [6.45, 7) is 9.18. The molecule has 1 aliphatic carbocycles. The standard InChI is InChI=1S/C32H32N4O2/c1-22-18-30(36(35-22)28-13-7-12-27(21-28)33-2)31(38)20-23-8-6-11-25(19-23)32(24-9-4-3-5-10-24)34-26-14-16-29(37)17-15-26/h3-13,18-19,21,26,29,32,34,37H,14-17,20H2,1H3. The molecular weight excluding hydrogens is 472 g/mol. The van der Waals surface area contributed by atoms with Gasteiger partial charge in [0.25, 0.3) is 0 Å². The first-order valence-corrected chi connectivity index (χ1v) is 13.2. The van der Waals surface area contributed by atoms with E-state index < -0.39 is 0 Å². The Hall–Kier alpha value is -4.05. The number of aryl methyl sites for hydroxylation is 1. The molecule has 1 aromatic heterocycles. The molecule has 3 aromatic carbocycles. The first kappa shape index (κ1) is 25.6. The van der Waals surface area contributed by atoms with Crippen molar-refractivity contribution in [3.8, 4) is 5.69 Å². The summed E-state index contributed by atoms with van der Waals surface area (Å²) in [5.41, 5.74) is 5.70. The Kier molecular flexibility index (Phi) is 7.78. The van der Waals surface area contributed by atoms with Crippen LogP contribution >= 0.6 is 0 Å². The second kappa shape index (κ2) is 11.6. The number of ketones is 1. The quantitative estimate of drug-likeness (QED) is 0.223. The lowest BCUT2D eigenvalue weighted by Gasteiger charge is -2.31. The fourth-order valence-corrected chi connectivity index (χ4v) is 5.26. The number of carbonyl (C=O) groups is 1. The molecule has 1 atom stereocenters. The third-order valence-electron chi connectivity index (χ3n) is 7.20. The van der Waals surface area contributed by atoms with E-state index in [4.69, 9.17) is 6.57 Å². The number of benzene rings is 3. The number of aromatic nitrogens is 2. The van der Waals surface area contributed by atoms with E-state index in [0.29, 0.717) is 23.1 Å². The number of carbonyl (C=O) groups excluding carboxylic acids is 1. The van der Waals surface area contributed by atoms with E-state index in [9.17, 15) is 9.90 Å². The number of nitrogens with one attached hydrogen (secondary N) is 1. The van der Waals surface area contributed by atoms with Gasteiger partial charge in [0.15, 0.2) is 11.5 Å². The summed E-state index contributed by atoms with van der Waals surface area (Å²) in [5.74, 6) is -0.0264. The molecule has 0 amide bonds. The van der Waals surface area contributed by atoms with Crippen molar-refractivity contribution < 1.29 is 9.90 Å². The number of rotatable bonds is 8. The van der Waals surface area contributed by atoms with Crippen LogP contribution < -0.4 is 5.32 Å². The minimum Gasteiger partial charge on any atom is -0.393 e. The second-order valence-corrected chi connectivity index (χ2v) is 10.1. The molecule has 6 heteroatoms. The van der Waals surface area contributed by atoms with E-state index in [-0.39, 0.29) is 24.3 Å². The maximum Gasteiger partial charge on any atom is 0.189 e. The van der Waals surface area contributed by atoms with Crippen LogP contribution in [-0.4, -0.2) is 32.8 Å². The van der Waals surface area contributed by atoms with Crippen LogP contribution in [0.3, 0.4) is 0 Å². The normalized spacial score (nSPS) is 18.0. The van der Waals surface area contributed by atoms with Crippen molar-refractivity contribution >= 4 is 11.5 Å². The van der Waals surface area contributed by atoms with Crippen LogP contribution in [0.15, 0.2) is 84.9 Å². The van der Waals surface area contributed by atoms with Crippen LogP contribution in [0, 0.1) is 13.5 Å². The lowest BCUT2D eigenvalue weighted by Crippen LogP contribution is -2.37. The number of hydrogen-bond donors (Lipinski definition) is 2. The Morgan fingerprint density at radius 1 is 1.00 bits per heavy atom. The molecule has 4 aromatic rings. The zero-order chi connectivity index (χ0) is 26.5. The molecule has 0 aliphatic heterocycles. The molecule has 1 aliphatic rings. The molecule has 0 bridgehead atoms. The first-order chi connectivity index (χ1) is 18.5. The molecule has 1 heterocycles. The van der Waals surface area contributed by atoms with Crippen molar-refractivity contribution in [1.82, 2.24) is 15.1 Å². The summed E-state index contributed by atoms with van der Waals surface area (Å²) >= 11 is 0. The van der Waals surface area contributed by atoms with Gasteiger partial charge in [-0.3, -0.25) is 4.79 Å². The van der Waals surface area contributed by atoms with Gasteiger partial charge in [0, 0.05) is 12.5 Å². The summed E-state index contributed by atoms with van der Waals surface area (Å²) in [7, 11) is 0. The predicted octanol–water partition coefficient (Wildman–Crippen LogP) is 6.14. The van der Waals surface area contributed by atoms with E-state index in [2.05, 4.69) is 51.7 Å². The highest BCUT2D eigenvalue weighted by Crippen LogP contribution is 2.28. The molecule has 1 unspecified atom stereocenters. The minimum atomic E-state index is -0.196. The molecule has 1 fully saturated rings. The number of aliphatic hydroxyl groups excluding tert-OH is 1. The Morgan fingerprint density at radius 2 is 1.74 bits per heavy atom. The molecule has 1 saturated carbocycles. The molecule has 192 valence electrons. The van der Waals surface area contributed by atoms with Gasteiger partial charge in [-0.1, -0.05) is 66.7 Å². The average Bonchev–Trinajstić information content (AvgIpc) is 3.35. The second-order valence-electron chi connectivity index (χ2n) is 10.1. The largest absolute Gasteiger partial charge is 0.393 e. The van der Waals surface area contributed by atoms with Gasteiger partial charge >= 0.3 is 0 Å². The SMILES string of the molecule is [C-]#[N+]c1cccc(-n2nc(C)cc2C(=O)Cc2cccc(C(NC3CCC(O)CC3)c3ccccc3)c2)c1. The molecule has 5 rings (SSSR count). The highest BCUT2D eigenvalue weighted by molar-refractivity contribution is 5.96. The predicted molar refractivity (Wildman–Crippen MR) is 149 cm³/mol. The highest BCUT2D eigenvalue weighted by atomic mass is 16.3. The van der Waals surface area contributed by atoms with Gasteiger partial charge in [0.05, 0.1) is 30.1 Å². The molecule has 0 radical (unpaired) electrons. The summed E-state index contributed by atoms with van der Waals surface area (Å²) in [6, 6.07) is 27.9. The Morgan fingerprint density at radius 3 is 2.50 bits per heavy atom. The third kappa shape index (κ3) is 5.91. The maximum absolute atomic E-state index is 13.5. The fraction of sp³-hybridized carbons (Fsp3) is 0.281. The van der Waals surface area contributed by atoms with E-state index >= 15 is 0 Å². The van der Waals surface area contributed by atoms with Crippen LogP contribution in [0.25, 0.3) is 10.5 Å². The molecule has 6 nitrogen and oxygen atoms in total. The van der Waals surface area contributed by atoms with E-state index in [1.165, 1.54) is 5.56 Å². The van der Waals surface area contributed by atoms with E-state index in [0.717, 1.165) is 42.5 Å². The molecule has 2 N–H and O–H groups in total. The zero-order valence-corrected chi connectivity index (χ0v) is 21.5. The van der Waals surface area contributed by atoms with Crippen molar-refractivity contribution in [3.05, 3.63) is 124 Å². The highest BCUT2D eigenvalue weighted by Gasteiger charge is 2.24. The average molecular weight is 505 g/mol. The van der Waals surface area contributed by atoms with Crippen molar-refractivity contribution in [1.29, 1.82) is 0 Å². The third-order valence-corrected chi connectivity index (χ3v) is 7.20.